The van der Waals surface area contributed by atoms with Gasteiger partial charge in [0, 0.05) is 48.2 Å². The van der Waals surface area contributed by atoms with Crippen molar-refractivity contribution < 1.29 is 4.79 Å². The van der Waals surface area contributed by atoms with Gasteiger partial charge in [0.25, 0.3) is 0 Å². The van der Waals surface area contributed by atoms with Crippen molar-refractivity contribution in [3.63, 3.8) is 0 Å². The van der Waals surface area contributed by atoms with Gasteiger partial charge in [-0.1, -0.05) is 6.07 Å². The van der Waals surface area contributed by atoms with Crippen LogP contribution in [0.3, 0.4) is 0 Å². The first-order valence-corrected chi connectivity index (χ1v) is 7.73. The van der Waals surface area contributed by atoms with E-state index in [1.54, 1.807) is 18.6 Å². The number of aromatic nitrogens is 3. The van der Waals surface area contributed by atoms with E-state index in [9.17, 15) is 4.79 Å². The summed E-state index contributed by atoms with van der Waals surface area (Å²) in [6, 6.07) is 6.24. The lowest BCUT2D eigenvalue weighted by Gasteiger charge is -2.06. The molecular weight excluding hydrogens is 288 g/mol. The van der Waals surface area contributed by atoms with Crippen molar-refractivity contribution in [2.45, 2.75) is 33.2 Å². The van der Waals surface area contributed by atoms with Crippen molar-refractivity contribution in [3.05, 3.63) is 59.3 Å². The van der Waals surface area contributed by atoms with E-state index in [1.807, 2.05) is 6.07 Å². The van der Waals surface area contributed by atoms with E-state index in [0.717, 1.165) is 16.8 Å². The number of fused-ring (bicyclic) bond motifs is 1. The number of rotatable bonds is 5. The highest BCUT2D eigenvalue weighted by Crippen LogP contribution is 2.22. The van der Waals surface area contributed by atoms with Crippen LogP contribution in [0.1, 0.15) is 28.9 Å². The molecule has 0 atom stereocenters. The Morgan fingerprint density at radius 3 is 2.91 bits per heavy atom. The lowest BCUT2D eigenvalue weighted by Crippen LogP contribution is -2.23. The van der Waals surface area contributed by atoms with Crippen molar-refractivity contribution in [2.24, 2.45) is 0 Å². The zero-order valence-electron chi connectivity index (χ0n) is 13.4. The number of carbonyl (C=O) groups is 1. The number of aromatic amines is 1. The fraction of sp³-hybridized carbons (Fsp3) is 0.278. The third kappa shape index (κ3) is 3.56. The Morgan fingerprint density at radius 2 is 2.13 bits per heavy atom. The number of hydrogen-bond donors (Lipinski definition) is 2. The predicted molar refractivity (Wildman–Crippen MR) is 90.0 cm³/mol. The van der Waals surface area contributed by atoms with Gasteiger partial charge in [-0.2, -0.15) is 0 Å². The Bertz CT molecular complexity index is 824. The monoisotopic (exact) mass is 308 g/mol. The molecule has 2 N–H and O–H groups in total. The first-order valence-electron chi connectivity index (χ1n) is 7.73. The highest BCUT2D eigenvalue weighted by atomic mass is 16.1. The molecule has 23 heavy (non-hydrogen) atoms. The van der Waals surface area contributed by atoms with Crippen LogP contribution in [0.25, 0.3) is 10.9 Å². The van der Waals surface area contributed by atoms with Gasteiger partial charge in [-0.3, -0.25) is 14.8 Å². The minimum Gasteiger partial charge on any atom is -0.358 e. The van der Waals surface area contributed by atoms with Crippen molar-refractivity contribution in [1.29, 1.82) is 0 Å². The first kappa shape index (κ1) is 15.2. The number of aryl methyl sites for hydroxylation is 3. The second-order valence-electron chi connectivity index (χ2n) is 5.73. The lowest BCUT2D eigenvalue weighted by molar-refractivity contribution is -0.121. The van der Waals surface area contributed by atoms with Crippen molar-refractivity contribution in [2.75, 3.05) is 0 Å². The van der Waals surface area contributed by atoms with Crippen LogP contribution in [0.5, 0.6) is 0 Å². The molecule has 0 saturated heterocycles. The molecule has 1 aromatic carbocycles. The van der Waals surface area contributed by atoms with Gasteiger partial charge in [-0.05, 0) is 43.5 Å². The van der Waals surface area contributed by atoms with Crippen molar-refractivity contribution >= 4 is 16.8 Å². The molecule has 0 fully saturated rings. The maximum Gasteiger partial charge on any atom is 0.220 e. The lowest BCUT2D eigenvalue weighted by atomic mass is 10.1. The minimum absolute atomic E-state index is 0.0257. The normalized spacial score (nSPS) is 10.9. The molecule has 0 saturated carbocycles. The summed E-state index contributed by atoms with van der Waals surface area (Å²) in [5.74, 6) is 0.0257. The first-order chi connectivity index (χ1) is 11.1. The maximum atomic E-state index is 12.0. The third-order valence-corrected chi connectivity index (χ3v) is 4.09. The van der Waals surface area contributed by atoms with Crippen molar-refractivity contribution in [3.8, 4) is 0 Å². The third-order valence-electron chi connectivity index (χ3n) is 4.09. The molecule has 0 radical (unpaired) electrons. The van der Waals surface area contributed by atoms with Crippen LogP contribution in [0, 0.1) is 13.8 Å². The minimum atomic E-state index is 0.0257. The van der Waals surface area contributed by atoms with Crippen LogP contribution in [0.4, 0.5) is 0 Å². The molecular formula is C18H20N4O. The highest BCUT2D eigenvalue weighted by Gasteiger charge is 2.07. The Hall–Kier alpha value is -2.69. The van der Waals surface area contributed by atoms with Crippen LogP contribution in [-0.4, -0.2) is 20.9 Å². The average molecular weight is 308 g/mol. The van der Waals surface area contributed by atoms with E-state index in [1.165, 1.54) is 16.6 Å². The SMILES string of the molecule is Cc1[nH]c2ccc(CNC(=O)CCc3cnccn3)cc2c1C. The van der Waals surface area contributed by atoms with Gasteiger partial charge < -0.3 is 10.3 Å². The van der Waals surface area contributed by atoms with Crippen LogP contribution in [-0.2, 0) is 17.8 Å². The molecule has 0 bridgehead atoms. The number of hydrogen-bond acceptors (Lipinski definition) is 3. The van der Waals surface area contributed by atoms with Crippen LogP contribution in [0.15, 0.2) is 36.8 Å². The number of benzene rings is 1. The molecule has 1 amide bonds. The van der Waals surface area contributed by atoms with E-state index in [2.05, 4.69) is 46.2 Å². The second kappa shape index (κ2) is 6.60. The largest absolute Gasteiger partial charge is 0.358 e. The van der Waals surface area contributed by atoms with Gasteiger partial charge >= 0.3 is 0 Å². The van der Waals surface area contributed by atoms with Gasteiger partial charge in [0.1, 0.15) is 0 Å². The van der Waals surface area contributed by atoms with Crippen LogP contribution in [0.2, 0.25) is 0 Å². The number of carbonyl (C=O) groups excluding carboxylic acids is 1. The van der Waals surface area contributed by atoms with Crippen molar-refractivity contribution in [1.82, 2.24) is 20.3 Å². The summed E-state index contributed by atoms with van der Waals surface area (Å²) in [6.07, 6.45) is 5.99. The van der Waals surface area contributed by atoms with E-state index in [-0.39, 0.29) is 5.91 Å². The number of nitrogens with one attached hydrogen (secondary N) is 2. The zero-order valence-corrected chi connectivity index (χ0v) is 13.4. The van der Waals surface area contributed by atoms with Crippen LogP contribution < -0.4 is 5.32 Å². The molecule has 0 aliphatic rings. The molecule has 2 aromatic heterocycles. The standard InChI is InChI=1S/C18H20N4O/c1-12-13(2)22-17-5-3-14(9-16(12)17)10-21-18(23)6-4-15-11-19-7-8-20-15/h3,5,7-9,11,22H,4,6,10H2,1-2H3,(H,21,23). The summed E-state index contributed by atoms with van der Waals surface area (Å²) in [5.41, 5.74) is 5.52. The van der Waals surface area contributed by atoms with Gasteiger partial charge in [0.15, 0.2) is 0 Å². The Morgan fingerprint density at radius 1 is 1.26 bits per heavy atom. The van der Waals surface area contributed by atoms with Crippen LogP contribution >= 0.6 is 0 Å². The summed E-state index contributed by atoms with van der Waals surface area (Å²) in [5, 5.41) is 4.18. The summed E-state index contributed by atoms with van der Waals surface area (Å²) < 4.78 is 0. The molecule has 3 aromatic rings. The summed E-state index contributed by atoms with van der Waals surface area (Å²) >= 11 is 0. The van der Waals surface area contributed by atoms with E-state index >= 15 is 0 Å². The van der Waals surface area contributed by atoms with Gasteiger partial charge in [0.2, 0.25) is 5.91 Å². The van der Waals surface area contributed by atoms with E-state index in [4.69, 9.17) is 0 Å². The highest BCUT2D eigenvalue weighted by molar-refractivity contribution is 5.85. The Labute approximate surface area is 135 Å². The molecule has 0 aliphatic heterocycles. The van der Waals surface area contributed by atoms with Gasteiger partial charge in [0.05, 0.1) is 5.69 Å². The number of amides is 1. The predicted octanol–water partition coefficient (Wildman–Crippen LogP) is 2.82. The van der Waals surface area contributed by atoms with E-state index < -0.39 is 0 Å². The maximum absolute atomic E-state index is 12.0. The molecule has 0 spiro atoms. The average Bonchev–Trinajstić information content (AvgIpc) is 2.86. The zero-order chi connectivity index (χ0) is 16.2. The Kier molecular flexibility index (Phi) is 4.37. The fourth-order valence-corrected chi connectivity index (χ4v) is 2.61. The topological polar surface area (TPSA) is 70.7 Å². The molecule has 0 aliphatic carbocycles. The second-order valence-corrected chi connectivity index (χ2v) is 5.73. The molecule has 3 rings (SSSR count). The number of nitrogens with zero attached hydrogens (tertiary/aromatic N) is 2. The molecule has 5 nitrogen and oxygen atoms in total. The van der Waals surface area contributed by atoms with Gasteiger partial charge in [-0.25, -0.2) is 0 Å². The quantitative estimate of drug-likeness (QED) is 0.761. The Balaban J connectivity index is 1.57. The van der Waals surface area contributed by atoms with E-state index in [0.29, 0.717) is 19.4 Å². The summed E-state index contributed by atoms with van der Waals surface area (Å²) in [4.78, 5) is 23.5. The summed E-state index contributed by atoms with van der Waals surface area (Å²) in [7, 11) is 0. The molecule has 2 heterocycles. The molecule has 5 heteroatoms. The van der Waals surface area contributed by atoms with Gasteiger partial charge in [-0.15, -0.1) is 0 Å². The fourth-order valence-electron chi connectivity index (χ4n) is 2.61. The molecule has 0 unspecified atom stereocenters. The smallest absolute Gasteiger partial charge is 0.220 e. The molecule has 118 valence electrons. The number of H-pyrrole nitrogens is 1. The summed E-state index contributed by atoms with van der Waals surface area (Å²) in [6.45, 7) is 4.72.